The molecule has 2 aliphatic rings. The molecule has 1 saturated heterocycles. The van der Waals surface area contributed by atoms with Crippen LogP contribution >= 0.6 is 0 Å². The van der Waals surface area contributed by atoms with Crippen molar-refractivity contribution in [2.45, 2.75) is 96.2 Å². The number of hydrogen-bond acceptors (Lipinski definition) is 2. The Morgan fingerprint density at radius 3 is 2.57 bits per heavy atom. The highest BCUT2D eigenvalue weighted by Gasteiger charge is 2.38. The minimum absolute atomic E-state index is 0.0176. The average Bonchev–Trinajstić information content (AvgIpc) is 2.42. The monoisotopic (exact) mass is 293 g/mol. The van der Waals surface area contributed by atoms with Crippen LogP contribution in [-0.4, -0.2) is 35.4 Å². The molecular weight excluding hydrogens is 258 g/mol. The maximum atomic E-state index is 6.61. The summed E-state index contributed by atoms with van der Waals surface area (Å²) in [5, 5.41) is 0. The van der Waals surface area contributed by atoms with Gasteiger partial charge < -0.3 is 10.6 Å². The van der Waals surface area contributed by atoms with Crippen LogP contribution in [0.3, 0.4) is 0 Å². The van der Waals surface area contributed by atoms with Gasteiger partial charge in [0.15, 0.2) is 0 Å². The summed E-state index contributed by atoms with van der Waals surface area (Å²) in [7, 11) is 1.96. The minimum atomic E-state index is 0.0176. The number of hydrogen-bond donors (Lipinski definition) is 1. The molecule has 1 aliphatic carbocycles. The molecule has 2 N–H and O–H groups in total. The summed E-state index contributed by atoms with van der Waals surface area (Å²) in [5.41, 5.74) is 6.63. The summed E-state index contributed by atoms with van der Waals surface area (Å²) in [6.07, 6.45) is 11.5. The van der Waals surface area contributed by atoms with Gasteiger partial charge in [-0.05, 0) is 52.4 Å². The first-order valence-electron chi connectivity index (χ1n) is 8.97. The van der Waals surface area contributed by atoms with Crippen molar-refractivity contribution >= 4 is 5.84 Å². The maximum Gasteiger partial charge on any atom is 0.0990 e. The van der Waals surface area contributed by atoms with Crippen LogP contribution in [0.4, 0.5) is 0 Å². The molecule has 21 heavy (non-hydrogen) atoms. The van der Waals surface area contributed by atoms with E-state index in [1.807, 2.05) is 7.05 Å². The summed E-state index contributed by atoms with van der Waals surface area (Å²) in [6, 6.07) is 1.20. The van der Waals surface area contributed by atoms with Gasteiger partial charge in [-0.25, -0.2) is 0 Å². The number of aliphatic imine (C=N–C) groups is 1. The lowest BCUT2D eigenvalue weighted by Crippen LogP contribution is -2.54. The van der Waals surface area contributed by atoms with Crippen LogP contribution in [0.2, 0.25) is 0 Å². The molecule has 0 aromatic rings. The maximum absolute atomic E-state index is 6.61. The van der Waals surface area contributed by atoms with Crippen molar-refractivity contribution in [1.82, 2.24) is 4.90 Å². The zero-order valence-corrected chi connectivity index (χ0v) is 14.6. The molecule has 3 heteroatoms. The summed E-state index contributed by atoms with van der Waals surface area (Å²) < 4.78 is 0. The summed E-state index contributed by atoms with van der Waals surface area (Å²) in [6.45, 7) is 6.90. The molecular formula is C18H35N3. The van der Waals surface area contributed by atoms with Crippen molar-refractivity contribution in [3.63, 3.8) is 0 Å². The van der Waals surface area contributed by atoms with Gasteiger partial charge in [0.05, 0.1) is 5.84 Å². The van der Waals surface area contributed by atoms with Gasteiger partial charge in [-0.1, -0.05) is 25.7 Å². The van der Waals surface area contributed by atoms with Gasteiger partial charge in [0.1, 0.15) is 0 Å². The topological polar surface area (TPSA) is 41.6 Å². The Morgan fingerprint density at radius 1 is 1.19 bits per heavy atom. The Hall–Kier alpha value is -0.570. The molecule has 122 valence electrons. The van der Waals surface area contributed by atoms with Gasteiger partial charge in [0.25, 0.3) is 0 Å². The second-order valence-electron chi connectivity index (χ2n) is 7.82. The highest BCUT2D eigenvalue weighted by molar-refractivity contribution is 5.83. The molecule has 0 amide bonds. The van der Waals surface area contributed by atoms with Gasteiger partial charge in [-0.3, -0.25) is 4.99 Å². The SMILES string of the molecule is CN=C1CCC2CC(C)(N)CCCCCCC2N1C(C)C. The van der Waals surface area contributed by atoms with Gasteiger partial charge in [0.2, 0.25) is 0 Å². The Labute approximate surface area is 131 Å². The molecule has 2 rings (SSSR count). The van der Waals surface area contributed by atoms with E-state index >= 15 is 0 Å². The summed E-state index contributed by atoms with van der Waals surface area (Å²) >= 11 is 0. The highest BCUT2D eigenvalue weighted by atomic mass is 15.2. The number of nitrogens with zero attached hydrogens (tertiary/aromatic N) is 2. The molecule has 0 aromatic heterocycles. The normalized spacial score (nSPS) is 37.6. The molecule has 3 unspecified atom stereocenters. The van der Waals surface area contributed by atoms with Crippen molar-refractivity contribution in [3.05, 3.63) is 0 Å². The van der Waals surface area contributed by atoms with E-state index in [9.17, 15) is 0 Å². The Kier molecular flexibility index (Phi) is 5.70. The lowest BCUT2D eigenvalue weighted by Gasteiger charge is -2.48. The summed E-state index contributed by atoms with van der Waals surface area (Å²) in [5.74, 6) is 2.06. The number of nitrogens with two attached hydrogens (primary N) is 1. The Balaban J connectivity index is 2.22. The number of amidine groups is 1. The third-order valence-electron chi connectivity index (χ3n) is 5.48. The third-order valence-corrected chi connectivity index (χ3v) is 5.48. The molecule has 1 aliphatic heterocycles. The second-order valence-corrected chi connectivity index (χ2v) is 7.82. The van der Waals surface area contributed by atoms with Gasteiger partial charge in [-0.2, -0.15) is 0 Å². The molecule has 3 nitrogen and oxygen atoms in total. The minimum Gasteiger partial charge on any atom is -0.355 e. The predicted octanol–water partition coefficient (Wildman–Crippen LogP) is 3.97. The van der Waals surface area contributed by atoms with Crippen LogP contribution in [-0.2, 0) is 0 Å². The van der Waals surface area contributed by atoms with E-state index in [1.165, 1.54) is 57.2 Å². The third kappa shape index (κ3) is 4.21. The zero-order chi connectivity index (χ0) is 15.5. The molecule has 1 heterocycles. The lowest BCUT2D eigenvalue weighted by molar-refractivity contribution is 0.116. The van der Waals surface area contributed by atoms with E-state index in [4.69, 9.17) is 5.73 Å². The number of rotatable bonds is 1. The predicted molar refractivity (Wildman–Crippen MR) is 91.8 cm³/mol. The molecule has 0 spiro atoms. The van der Waals surface area contributed by atoms with Gasteiger partial charge in [-0.15, -0.1) is 0 Å². The summed E-state index contributed by atoms with van der Waals surface area (Å²) in [4.78, 5) is 7.20. The largest absolute Gasteiger partial charge is 0.355 e. The molecule has 3 atom stereocenters. The van der Waals surface area contributed by atoms with Crippen LogP contribution in [0.15, 0.2) is 4.99 Å². The fraction of sp³-hybridized carbons (Fsp3) is 0.944. The first-order valence-corrected chi connectivity index (χ1v) is 8.97. The van der Waals surface area contributed by atoms with Crippen molar-refractivity contribution < 1.29 is 0 Å². The van der Waals surface area contributed by atoms with Crippen LogP contribution in [0.25, 0.3) is 0 Å². The fourth-order valence-electron chi connectivity index (χ4n) is 4.51. The van der Waals surface area contributed by atoms with Crippen LogP contribution in [0.1, 0.15) is 78.6 Å². The first-order chi connectivity index (χ1) is 9.94. The van der Waals surface area contributed by atoms with E-state index in [2.05, 4.69) is 30.7 Å². The van der Waals surface area contributed by atoms with E-state index in [0.717, 1.165) is 12.3 Å². The van der Waals surface area contributed by atoms with Crippen molar-refractivity contribution in [2.24, 2.45) is 16.6 Å². The fourth-order valence-corrected chi connectivity index (χ4v) is 4.51. The standard InChI is InChI=1S/C18H35N3/c1-14(2)21-16-9-7-5-6-8-12-18(3,19)13-15(16)10-11-17(21)20-4/h14-16H,5-13,19H2,1-4H3. The van der Waals surface area contributed by atoms with E-state index in [-0.39, 0.29) is 5.54 Å². The Morgan fingerprint density at radius 2 is 1.90 bits per heavy atom. The number of likely N-dealkylation sites (tertiary alicyclic amines) is 1. The quantitative estimate of drug-likeness (QED) is 0.795. The Bertz CT molecular complexity index is 359. The van der Waals surface area contributed by atoms with E-state index < -0.39 is 0 Å². The van der Waals surface area contributed by atoms with Gasteiger partial charge in [0, 0.05) is 31.1 Å². The molecule has 1 saturated carbocycles. The molecule has 0 aromatic carbocycles. The van der Waals surface area contributed by atoms with E-state index in [1.54, 1.807) is 0 Å². The van der Waals surface area contributed by atoms with Crippen LogP contribution < -0.4 is 5.73 Å². The smallest absolute Gasteiger partial charge is 0.0990 e. The first kappa shape index (κ1) is 16.8. The van der Waals surface area contributed by atoms with E-state index in [0.29, 0.717) is 12.1 Å². The van der Waals surface area contributed by atoms with Crippen LogP contribution in [0, 0.1) is 5.92 Å². The second kappa shape index (κ2) is 7.13. The average molecular weight is 293 g/mol. The zero-order valence-electron chi connectivity index (χ0n) is 14.6. The van der Waals surface area contributed by atoms with Crippen molar-refractivity contribution in [3.8, 4) is 0 Å². The highest BCUT2D eigenvalue weighted by Crippen LogP contribution is 2.37. The van der Waals surface area contributed by atoms with Crippen molar-refractivity contribution in [2.75, 3.05) is 7.05 Å². The lowest BCUT2D eigenvalue weighted by atomic mass is 9.75. The molecule has 2 fully saturated rings. The molecule has 0 bridgehead atoms. The van der Waals surface area contributed by atoms with Gasteiger partial charge >= 0.3 is 0 Å². The molecule has 0 radical (unpaired) electrons. The number of piperidine rings is 1. The number of fused-ring (bicyclic) bond motifs is 1. The van der Waals surface area contributed by atoms with Crippen molar-refractivity contribution in [1.29, 1.82) is 0 Å². The van der Waals surface area contributed by atoms with Crippen LogP contribution in [0.5, 0.6) is 0 Å².